The Morgan fingerprint density at radius 3 is 2.46 bits per heavy atom. The van der Waals surface area contributed by atoms with Crippen LogP contribution in [0.5, 0.6) is 5.75 Å². The van der Waals surface area contributed by atoms with Crippen molar-refractivity contribution in [3.8, 4) is 5.75 Å². The zero-order valence-electron chi connectivity index (χ0n) is 21.8. The van der Waals surface area contributed by atoms with Gasteiger partial charge in [-0.25, -0.2) is 4.68 Å². The lowest BCUT2D eigenvalue weighted by molar-refractivity contribution is -0.127. The van der Waals surface area contributed by atoms with Crippen LogP contribution in [0.3, 0.4) is 0 Å². The third kappa shape index (κ3) is 5.65. The van der Waals surface area contributed by atoms with Crippen molar-refractivity contribution in [2.45, 2.75) is 26.1 Å². The van der Waals surface area contributed by atoms with E-state index in [9.17, 15) is 9.59 Å². The molecule has 2 amide bonds. The maximum atomic E-state index is 14.2. The van der Waals surface area contributed by atoms with Gasteiger partial charge in [0.2, 0.25) is 11.8 Å². The van der Waals surface area contributed by atoms with Gasteiger partial charge in [-0.2, -0.15) is 0 Å². The minimum Gasteiger partial charge on any atom is -0.497 e. The van der Waals surface area contributed by atoms with Gasteiger partial charge < -0.3 is 10.1 Å². The summed E-state index contributed by atoms with van der Waals surface area (Å²) in [5.41, 5.74) is 4.54. The van der Waals surface area contributed by atoms with Crippen molar-refractivity contribution >= 4 is 28.5 Å². The normalized spacial score (nSPS) is 11.6. The number of para-hydroxylation sites is 1. The van der Waals surface area contributed by atoms with E-state index in [0.717, 1.165) is 22.2 Å². The number of carbonyl (C=O) groups excluding carboxylic acids is 2. The highest BCUT2D eigenvalue weighted by Crippen LogP contribution is 2.32. The monoisotopic (exact) mass is 519 g/mol. The molecule has 5 aromatic rings. The summed E-state index contributed by atoms with van der Waals surface area (Å²) in [6.45, 7) is 2.16. The fourth-order valence-corrected chi connectivity index (χ4v) is 4.61. The van der Waals surface area contributed by atoms with Gasteiger partial charge >= 0.3 is 0 Å². The van der Waals surface area contributed by atoms with E-state index in [1.807, 2.05) is 85.8 Å². The third-order valence-electron chi connectivity index (χ3n) is 6.60. The second-order valence-corrected chi connectivity index (χ2v) is 9.16. The third-order valence-corrected chi connectivity index (χ3v) is 6.60. The molecule has 0 unspecified atom stereocenters. The van der Waals surface area contributed by atoms with Crippen molar-refractivity contribution in [2.24, 2.45) is 0 Å². The smallest absolute Gasteiger partial charge is 0.249 e. The number of ether oxygens (including phenoxy) is 1. The summed E-state index contributed by atoms with van der Waals surface area (Å²) in [4.78, 5) is 29.7. The van der Waals surface area contributed by atoms with Crippen LogP contribution in [0.25, 0.3) is 11.0 Å². The molecule has 1 aromatic heterocycles. The van der Waals surface area contributed by atoms with Crippen molar-refractivity contribution in [3.05, 3.63) is 120 Å². The standard InChI is InChI=1S/C31H29N5O3/c1-22-11-6-7-16-26(22)30(31(38)32-20-23-12-4-3-5-13-23)36(24-14-10-15-25(19-24)39-2)29(37)21-35-28-18-9-8-17-27(28)33-34-35/h3-19,30H,20-21H2,1-2H3,(H,32,38)/t30-/m0/s1. The van der Waals surface area contributed by atoms with Crippen LogP contribution in [0.2, 0.25) is 0 Å². The van der Waals surface area contributed by atoms with Crippen LogP contribution in [-0.4, -0.2) is 33.9 Å². The van der Waals surface area contributed by atoms with Crippen molar-refractivity contribution in [1.29, 1.82) is 0 Å². The van der Waals surface area contributed by atoms with Gasteiger partial charge in [-0.3, -0.25) is 14.5 Å². The minimum atomic E-state index is -0.940. The van der Waals surface area contributed by atoms with Crippen LogP contribution in [-0.2, 0) is 22.7 Å². The summed E-state index contributed by atoms with van der Waals surface area (Å²) in [7, 11) is 1.57. The molecule has 0 aliphatic carbocycles. The number of hydrogen-bond donors (Lipinski definition) is 1. The molecule has 0 aliphatic rings. The van der Waals surface area contributed by atoms with Gasteiger partial charge in [-0.1, -0.05) is 78.0 Å². The highest BCUT2D eigenvalue weighted by atomic mass is 16.5. The molecule has 196 valence electrons. The molecule has 4 aromatic carbocycles. The molecule has 1 heterocycles. The number of hydrogen-bond acceptors (Lipinski definition) is 5. The van der Waals surface area contributed by atoms with E-state index in [-0.39, 0.29) is 18.4 Å². The van der Waals surface area contributed by atoms with E-state index in [1.54, 1.807) is 36.1 Å². The number of aromatic nitrogens is 3. The Morgan fingerprint density at radius 1 is 0.923 bits per heavy atom. The Kier molecular flexibility index (Phi) is 7.63. The molecule has 0 bridgehead atoms. The first-order valence-electron chi connectivity index (χ1n) is 12.7. The van der Waals surface area contributed by atoms with Crippen LogP contribution in [0.1, 0.15) is 22.7 Å². The first-order chi connectivity index (χ1) is 19.0. The van der Waals surface area contributed by atoms with Gasteiger partial charge in [-0.15, -0.1) is 5.10 Å². The average molecular weight is 520 g/mol. The number of methoxy groups -OCH3 is 1. The lowest BCUT2D eigenvalue weighted by Gasteiger charge is -2.32. The zero-order chi connectivity index (χ0) is 27.2. The molecule has 0 spiro atoms. The average Bonchev–Trinajstić information content (AvgIpc) is 3.38. The maximum absolute atomic E-state index is 14.2. The van der Waals surface area contributed by atoms with Crippen LogP contribution in [0.15, 0.2) is 103 Å². The summed E-state index contributed by atoms with van der Waals surface area (Å²) in [6.07, 6.45) is 0. The number of anilines is 1. The molecule has 8 nitrogen and oxygen atoms in total. The van der Waals surface area contributed by atoms with Crippen LogP contribution in [0.4, 0.5) is 5.69 Å². The Balaban J connectivity index is 1.58. The van der Waals surface area contributed by atoms with Crippen LogP contribution in [0, 0.1) is 6.92 Å². The van der Waals surface area contributed by atoms with Crippen molar-refractivity contribution in [2.75, 3.05) is 12.0 Å². The molecule has 5 rings (SSSR count). The number of nitrogens with one attached hydrogen (secondary N) is 1. The van der Waals surface area contributed by atoms with Crippen molar-refractivity contribution in [1.82, 2.24) is 20.3 Å². The first-order valence-corrected chi connectivity index (χ1v) is 12.7. The zero-order valence-corrected chi connectivity index (χ0v) is 21.8. The van der Waals surface area contributed by atoms with E-state index in [0.29, 0.717) is 23.5 Å². The van der Waals surface area contributed by atoms with E-state index >= 15 is 0 Å². The van der Waals surface area contributed by atoms with E-state index in [1.165, 1.54) is 4.90 Å². The summed E-state index contributed by atoms with van der Waals surface area (Å²) in [6, 6.07) is 31.0. The largest absolute Gasteiger partial charge is 0.497 e. The summed E-state index contributed by atoms with van der Waals surface area (Å²) in [5.74, 6) is -0.0421. The molecule has 0 saturated heterocycles. The molecular formula is C31H29N5O3. The highest BCUT2D eigenvalue weighted by molar-refractivity contribution is 6.01. The maximum Gasteiger partial charge on any atom is 0.249 e. The number of carbonyl (C=O) groups is 2. The van der Waals surface area contributed by atoms with Crippen LogP contribution >= 0.6 is 0 Å². The van der Waals surface area contributed by atoms with Crippen LogP contribution < -0.4 is 15.0 Å². The first kappa shape index (κ1) is 25.7. The minimum absolute atomic E-state index is 0.105. The second-order valence-electron chi connectivity index (χ2n) is 9.16. The molecular weight excluding hydrogens is 490 g/mol. The quantitative estimate of drug-likeness (QED) is 0.301. The lowest BCUT2D eigenvalue weighted by Crippen LogP contribution is -2.45. The molecule has 1 N–H and O–H groups in total. The fraction of sp³-hybridized carbons (Fsp3) is 0.161. The predicted molar refractivity (Wildman–Crippen MR) is 150 cm³/mol. The SMILES string of the molecule is COc1cccc(N(C(=O)Cn2nnc3ccccc32)[C@H](C(=O)NCc2ccccc2)c2ccccc2C)c1. The lowest BCUT2D eigenvalue weighted by atomic mass is 9.98. The number of nitrogens with zero attached hydrogens (tertiary/aromatic N) is 4. The molecule has 39 heavy (non-hydrogen) atoms. The number of amides is 2. The number of fused-ring (bicyclic) bond motifs is 1. The van der Waals surface area contributed by atoms with Gasteiger partial charge in [0, 0.05) is 18.3 Å². The molecule has 0 saturated carbocycles. The summed E-state index contributed by atoms with van der Waals surface area (Å²) >= 11 is 0. The second kappa shape index (κ2) is 11.6. The number of aryl methyl sites for hydroxylation is 1. The van der Waals surface area contributed by atoms with Gasteiger partial charge in [-0.05, 0) is 47.9 Å². The molecule has 1 atom stereocenters. The Morgan fingerprint density at radius 2 is 1.67 bits per heavy atom. The molecule has 8 heteroatoms. The molecule has 0 fully saturated rings. The summed E-state index contributed by atoms with van der Waals surface area (Å²) in [5, 5.41) is 11.4. The Hall–Kier alpha value is -4.98. The van der Waals surface area contributed by atoms with Gasteiger partial charge in [0.15, 0.2) is 0 Å². The van der Waals surface area contributed by atoms with E-state index in [4.69, 9.17) is 4.74 Å². The molecule has 0 aliphatic heterocycles. The number of rotatable bonds is 9. The topological polar surface area (TPSA) is 89.3 Å². The molecule has 0 radical (unpaired) electrons. The van der Waals surface area contributed by atoms with E-state index < -0.39 is 6.04 Å². The predicted octanol–water partition coefficient (Wildman–Crippen LogP) is 4.84. The fourth-order valence-electron chi connectivity index (χ4n) is 4.61. The van der Waals surface area contributed by atoms with E-state index in [2.05, 4.69) is 15.6 Å². The Labute approximate surface area is 226 Å². The number of benzene rings is 4. The highest BCUT2D eigenvalue weighted by Gasteiger charge is 2.34. The van der Waals surface area contributed by atoms with Crippen molar-refractivity contribution < 1.29 is 14.3 Å². The van der Waals surface area contributed by atoms with Gasteiger partial charge in [0.1, 0.15) is 23.9 Å². The summed E-state index contributed by atoms with van der Waals surface area (Å²) < 4.78 is 7.01. The van der Waals surface area contributed by atoms with Crippen molar-refractivity contribution in [3.63, 3.8) is 0 Å². The van der Waals surface area contributed by atoms with Gasteiger partial charge in [0.05, 0.1) is 12.6 Å². The van der Waals surface area contributed by atoms with Gasteiger partial charge in [0.25, 0.3) is 0 Å². The Bertz CT molecular complexity index is 1600.